The summed E-state index contributed by atoms with van der Waals surface area (Å²) in [5, 5.41) is 4.17. The molecule has 0 saturated heterocycles. The van der Waals surface area contributed by atoms with Crippen LogP contribution < -0.4 is 11.1 Å². The highest BCUT2D eigenvalue weighted by Crippen LogP contribution is 2.23. The zero-order chi connectivity index (χ0) is 13.2. The van der Waals surface area contributed by atoms with E-state index in [0.717, 1.165) is 10.9 Å². The number of para-hydroxylation sites is 1. The molecule has 94 valence electrons. The van der Waals surface area contributed by atoms with Gasteiger partial charge in [0.1, 0.15) is 12.1 Å². The van der Waals surface area contributed by atoms with Gasteiger partial charge in [-0.15, -0.1) is 0 Å². The smallest absolute Gasteiger partial charge is 0.219 e. The Morgan fingerprint density at radius 1 is 1.33 bits per heavy atom. The lowest BCUT2D eigenvalue weighted by Crippen LogP contribution is -2.36. The number of hydrogen-bond acceptors (Lipinski definition) is 4. The minimum Gasteiger partial charge on any atom is -0.370 e. The minimum atomic E-state index is -0.442. The molecule has 0 unspecified atom stereocenters. The van der Waals surface area contributed by atoms with E-state index in [0.29, 0.717) is 5.82 Å². The summed E-state index contributed by atoms with van der Waals surface area (Å²) < 4.78 is 0. The van der Waals surface area contributed by atoms with Crippen molar-refractivity contribution in [2.45, 2.75) is 25.8 Å². The number of carbonyl (C=O) groups is 1. The molecule has 1 aromatic heterocycles. The van der Waals surface area contributed by atoms with Gasteiger partial charge in [0.25, 0.3) is 0 Å². The first kappa shape index (κ1) is 12.3. The lowest BCUT2D eigenvalue weighted by molar-refractivity contribution is -0.118. The van der Waals surface area contributed by atoms with E-state index in [2.05, 4.69) is 15.3 Å². The van der Waals surface area contributed by atoms with E-state index in [9.17, 15) is 4.79 Å². The molecule has 1 aromatic carbocycles. The molecular formula is C13H16N4O. The molecular weight excluding hydrogens is 228 g/mol. The van der Waals surface area contributed by atoms with Crippen molar-refractivity contribution in [2.75, 3.05) is 5.32 Å². The van der Waals surface area contributed by atoms with E-state index in [1.807, 2.05) is 38.1 Å². The van der Waals surface area contributed by atoms with Gasteiger partial charge in [-0.25, -0.2) is 9.97 Å². The highest BCUT2D eigenvalue weighted by Gasteiger charge is 2.21. The molecule has 5 nitrogen and oxygen atoms in total. The molecule has 0 aliphatic rings. The number of anilines is 1. The third-order valence-corrected chi connectivity index (χ3v) is 2.62. The second-order valence-electron chi connectivity index (χ2n) is 4.89. The van der Waals surface area contributed by atoms with E-state index in [1.165, 1.54) is 6.33 Å². The van der Waals surface area contributed by atoms with E-state index < -0.39 is 5.54 Å². The lowest BCUT2D eigenvalue weighted by atomic mass is 10.00. The van der Waals surface area contributed by atoms with Gasteiger partial charge in [-0.05, 0) is 26.0 Å². The van der Waals surface area contributed by atoms with Crippen LogP contribution in [-0.4, -0.2) is 21.4 Å². The Balaban J connectivity index is 2.34. The molecule has 2 aromatic rings. The fourth-order valence-electron chi connectivity index (χ4n) is 1.90. The summed E-state index contributed by atoms with van der Waals surface area (Å²) in [6, 6.07) is 7.72. The molecule has 1 amide bonds. The number of primary amides is 1. The predicted molar refractivity (Wildman–Crippen MR) is 71.1 cm³/mol. The number of fused-ring (bicyclic) bond motifs is 1. The molecule has 5 heteroatoms. The van der Waals surface area contributed by atoms with Crippen molar-refractivity contribution in [3.63, 3.8) is 0 Å². The molecule has 1 heterocycles. The quantitative estimate of drug-likeness (QED) is 0.857. The Bertz CT molecular complexity index is 575. The van der Waals surface area contributed by atoms with Crippen molar-refractivity contribution in [1.82, 2.24) is 9.97 Å². The molecule has 2 rings (SSSR count). The van der Waals surface area contributed by atoms with Crippen LogP contribution in [0.25, 0.3) is 10.9 Å². The maximum absolute atomic E-state index is 11.0. The van der Waals surface area contributed by atoms with Crippen LogP contribution in [0.15, 0.2) is 30.6 Å². The molecule has 0 radical (unpaired) electrons. The normalized spacial score (nSPS) is 11.4. The third kappa shape index (κ3) is 2.74. The van der Waals surface area contributed by atoms with Gasteiger partial charge in [0, 0.05) is 17.3 Å². The molecule has 18 heavy (non-hydrogen) atoms. The number of benzene rings is 1. The monoisotopic (exact) mass is 244 g/mol. The van der Waals surface area contributed by atoms with Gasteiger partial charge in [0.2, 0.25) is 5.91 Å². The maximum atomic E-state index is 11.0. The van der Waals surface area contributed by atoms with Gasteiger partial charge < -0.3 is 11.1 Å². The first-order valence-electron chi connectivity index (χ1n) is 5.74. The van der Waals surface area contributed by atoms with Gasteiger partial charge in [0.05, 0.1) is 5.52 Å². The van der Waals surface area contributed by atoms with Crippen LogP contribution >= 0.6 is 0 Å². The van der Waals surface area contributed by atoms with E-state index in [1.54, 1.807) is 0 Å². The van der Waals surface area contributed by atoms with Crippen LogP contribution in [0.1, 0.15) is 20.3 Å². The van der Waals surface area contributed by atoms with Crippen LogP contribution in [-0.2, 0) is 4.79 Å². The summed E-state index contributed by atoms with van der Waals surface area (Å²) in [4.78, 5) is 19.4. The van der Waals surface area contributed by atoms with E-state index in [4.69, 9.17) is 5.73 Å². The van der Waals surface area contributed by atoms with Crippen LogP contribution in [0.4, 0.5) is 5.82 Å². The third-order valence-electron chi connectivity index (χ3n) is 2.62. The molecule has 0 aliphatic heterocycles. The highest BCUT2D eigenvalue weighted by molar-refractivity contribution is 5.89. The Morgan fingerprint density at radius 2 is 2.06 bits per heavy atom. The number of amides is 1. The van der Waals surface area contributed by atoms with Crippen molar-refractivity contribution in [1.29, 1.82) is 0 Å². The zero-order valence-corrected chi connectivity index (χ0v) is 10.5. The lowest BCUT2D eigenvalue weighted by Gasteiger charge is -2.25. The molecule has 0 fully saturated rings. The molecule has 0 spiro atoms. The van der Waals surface area contributed by atoms with Crippen LogP contribution in [0.3, 0.4) is 0 Å². The standard InChI is InChI=1S/C13H16N4O/c1-13(2,7-11(14)18)17-12-9-5-3-4-6-10(9)15-8-16-12/h3-6,8H,7H2,1-2H3,(H2,14,18)(H,15,16,17). The fraction of sp³-hybridized carbons (Fsp3) is 0.308. The number of aromatic nitrogens is 2. The predicted octanol–water partition coefficient (Wildman–Crippen LogP) is 1.70. The highest BCUT2D eigenvalue weighted by atomic mass is 16.1. The Labute approximate surface area is 105 Å². The maximum Gasteiger partial charge on any atom is 0.219 e. The summed E-state index contributed by atoms with van der Waals surface area (Å²) in [6.07, 6.45) is 1.75. The largest absolute Gasteiger partial charge is 0.370 e. The number of nitrogens with zero attached hydrogens (tertiary/aromatic N) is 2. The first-order valence-corrected chi connectivity index (χ1v) is 5.74. The van der Waals surface area contributed by atoms with Crippen molar-refractivity contribution >= 4 is 22.6 Å². The fourth-order valence-corrected chi connectivity index (χ4v) is 1.90. The Hall–Kier alpha value is -2.17. The van der Waals surface area contributed by atoms with Crippen LogP contribution in [0.2, 0.25) is 0 Å². The average Bonchev–Trinajstić information content (AvgIpc) is 2.27. The molecule has 0 saturated carbocycles. The second-order valence-corrected chi connectivity index (χ2v) is 4.89. The summed E-state index contributed by atoms with van der Waals surface area (Å²) in [5.74, 6) is 0.373. The van der Waals surface area contributed by atoms with Crippen molar-refractivity contribution in [3.8, 4) is 0 Å². The Morgan fingerprint density at radius 3 is 2.78 bits per heavy atom. The zero-order valence-electron chi connectivity index (χ0n) is 10.5. The second kappa shape index (κ2) is 4.60. The van der Waals surface area contributed by atoms with E-state index in [-0.39, 0.29) is 12.3 Å². The van der Waals surface area contributed by atoms with Gasteiger partial charge in [-0.2, -0.15) is 0 Å². The average molecular weight is 244 g/mol. The number of hydrogen-bond donors (Lipinski definition) is 2. The molecule has 0 aliphatic carbocycles. The summed E-state index contributed by atoms with van der Waals surface area (Å²) in [5.41, 5.74) is 5.66. The summed E-state index contributed by atoms with van der Waals surface area (Å²) in [7, 11) is 0. The number of nitrogens with two attached hydrogens (primary N) is 1. The van der Waals surface area contributed by atoms with E-state index >= 15 is 0 Å². The topological polar surface area (TPSA) is 80.9 Å². The minimum absolute atomic E-state index is 0.241. The Kier molecular flexibility index (Phi) is 3.14. The van der Waals surface area contributed by atoms with Gasteiger partial charge in [-0.1, -0.05) is 12.1 Å². The van der Waals surface area contributed by atoms with Gasteiger partial charge >= 0.3 is 0 Å². The van der Waals surface area contributed by atoms with Crippen molar-refractivity contribution < 1.29 is 4.79 Å². The number of carbonyl (C=O) groups excluding carboxylic acids is 1. The SMILES string of the molecule is CC(C)(CC(N)=O)Nc1ncnc2ccccc12. The van der Waals surface area contributed by atoms with Gasteiger partial charge in [0.15, 0.2) is 0 Å². The van der Waals surface area contributed by atoms with Gasteiger partial charge in [-0.3, -0.25) is 4.79 Å². The summed E-state index contributed by atoms with van der Waals surface area (Å²) >= 11 is 0. The van der Waals surface area contributed by atoms with Crippen LogP contribution in [0.5, 0.6) is 0 Å². The molecule has 3 N–H and O–H groups in total. The van der Waals surface area contributed by atoms with Crippen molar-refractivity contribution in [2.24, 2.45) is 5.73 Å². The summed E-state index contributed by atoms with van der Waals surface area (Å²) in [6.45, 7) is 3.82. The first-order chi connectivity index (χ1) is 8.48. The molecule has 0 bridgehead atoms. The number of nitrogens with one attached hydrogen (secondary N) is 1. The molecule has 0 atom stereocenters. The number of rotatable bonds is 4. The van der Waals surface area contributed by atoms with Crippen LogP contribution in [0, 0.1) is 0 Å². The van der Waals surface area contributed by atoms with Crippen molar-refractivity contribution in [3.05, 3.63) is 30.6 Å².